The summed E-state index contributed by atoms with van der Waals surface area (Å²) in [4.78, 5) is 14.7. The Hall–Kier alpha value is -2.89. The zero-order valence-electron chi connectivity index (χ0n) is 16.1. The van der Waals surface area contributed by atoms with Gasteiger partial charge in [-0.1, -0.05) is 6.07 Å². The third kappa shape index (κ3) is 4.45. The maximum Gasteiger partial charge on any atom is 0.262 e. The summed E-state index contributed by atoms with van der Waals surface area (Å²) in [6, 6.07) is 11.4. The molecule has 0 aromatic heterocycles. The molecule has 1 aliphatic heterocycles. The van der Waals surface area contributed by atoms with Crippen molar-refractivity contribution in [3.63, 3.8) is 0 Å². The SMILES string of the molecule is COc1cccc(OC)c1OCC(=O)Nc1ccc(N2CCCC2)cc1C. The number of benzene rings is 2. The van der Waals surface area contributed by atoms with Gasteiger partial charge in [0.05, 0.1) is 14.2 Å². The molecular formula is C21H26N2O4. The number of carbonyl (C=O) groups is 1. The van der Waals surface area contributed by atoms with Gasteiger partial charge in [0.2, 0.25) is 5.75 Å². The van der Waals surface area contributed by atoms with Gasteiger partial charge in [-0.05, 0) is 55.7 Å². The van der Waals surface area contributed by atoms with Gasteiger partial charge in [0, 0.05) is 24.5 Å². The summed E-state index contributed by atoms with van der Waals surface area (Å²) >= 11 is 0. The van der Waals surface area contributed by atoms with Crippen LogP contribution in [0.15, 0.2) is 36.4 Å². The minimum atomic E-state index is -0.236. The Morgan fingerprint density at radius 3 is 2.33 bits per heavy atom. The van der Waals surface area contributed by atoms with Gasteiger partial charge in [-0.25, -0.2) is 0 Å². The van der Waals surface area contributed by atoms with E-state index in [-0.39, 0.29) is 12.5 Å². The molecule has 1 amide bonds. The second-order valence-corrected chi connectivity index (χ2v) is 6.52. The number of anilines is 2. The van der Waals surface area contributed by atoms with Crippen LogP contribution < -0.4 is 24.4 Å². The first-order valence-corrected chi connectivity index (χ1v) is 9.11. The molecule has 0 atom stereocenters. The smallest absolute Gasteiger partial charge is 0.262 e. The molecular weight excluding hydrogens is 344 g/mol. The van der Waals surface area contributed by atoms with Gasteiger partial charge in [0.1, 0.15) is 0 Å². The molecule has 6 nitrogen and oxygen atoms in total. The van der Waals surface area contributed by atoms with Gasteiger partial charge in [-0.3, -0.25) is 4.79 Å². The lowest BCUT2D eigenvalue weighted by molar-refractivity contribution is -0.118. The van der Waals surface area contributed by atoms with Crippen molar-refractivity contribution in [2.75, 3.05) is 44.1 Å². The lowest BCUT2D eigenvalue weighted by Crippen LogP contribution is -2.21. The number of ether oxygens (including phenoxy) is 3. The van der Waals surface area contributed by atoms with Crippen LogP contribution in [0, 0.1) is 6.92 Å². The lowest BCUT2D eigenvalue weighted by Gasteiger charge is -2.19. The van der Waals surface area contributed by atoms with Crippen molar-refractivity contribution in [3.05, 3.63) is 42.0 Å². The predicted octanol–water partition coefficient (Wildman–Crippen LogP) is 3.63. The molecule has 0 aliphatic carbocycles. The second-order valence-electron chi connectivity index (χ2n) is 6.52. The number of amides is 1. The molecule has 2 aromatic rings. The highest BCUT2D eigenvalue weighted by Crippen LogP contribution is 2.36. The third-order valence-corrected chi connectivity index (χ3v) is 4.69. The number of nitrogens with zero attached hydrogens (tertiary/aromatic N) is 1. The maximum absolute atomic E-state index is 12.4. The van der Waals surface area contributed by atoms with E-state index in [0.29, 0.717) is 17.2 Å². The Morgan fingerprint density at radius 1 is 1.07 bits per heavy atom. The van der Waals surface area contributed by atoms with Crippen molar-refractivity contribution in [3.8, 4) is 17.2 Å². The molecule has 3 rings (SSSR count). The van der Waals surface area contributed by atoms with E-state index in [0.717, 1.165) is 24.3 Å². The highest BCUT2D eigenvalue weighted by Gasteiger charge is 2.15. The Labute approximate surface area is 160 Å². The van der Waals surface area contributed by atoms with Crippen molar-refractivity contribution in [1.29, 1.82) is 0 Å². The van der Waals surface area contributed by atoms with E-state index in [4.69, 9.17) is 14.2 Å². The van der Waals surface area contributed by atoms with Crippen LogP contribution >= 0.6 is 0 Å². The van der Waals surface area contributed by atoms with Gasteiger partial charge in [0.15, 0.2) is 18.1 Å². The van der Waals surface area contributed by atoms with Crippen LogP contribution in [0.1, 0.15) is 18.4 Å². The molecule has 0 radical (unpaired) electrons. The zero-order valence-corrected chi connectivity index (χ0v) is 16.1. The van der Waals surface area contributed by atoms with Crippen LogP contribution in [0.3, 0.4) is 0 Å². The number of carbonyl (C=O) groups excluding carboxylic acids is 1. The summed E-state index contributed by atoms with van der Waals surface area (Å²) in [5.41, 5.74) is 3.03. The van der Waals surface area contributed by atoms with Crippen LogP contribution in [0.2, 0.25) is 0 Å². The summed E-state index contributed by atoms with van der Waals surface area (Å²) in [6.07, 6.45) is 2.47. The fourth-order valence-electron chi connectivity index (χ4n) is 3.24. The van der Waals surface area contributed by atoms with Gasteiger partial charge in [-0.15, -0.1) is 0 Å². The van der Waals surface area contributed by atoms with Crippen molar-refractivity contribution < 1.29 is 19.0 Å². The Bertz CT molecular complexity index is 779. The summed E-state index contributed by atoms with van der Waals surface area (Å²) in [6.45, 7) is 4.06. The van der Waals surface area contributed by atoms with E-state index in [9.17, 15) is 4.79 Å². The molecule has 1 fully saturated rings. The number of hydrogen-bond donors (Lipinski definition) is 1. The standard InChI is InChI=1S/C21H26N2O4/c1-15-13-16(23-11-4-5-12-23)9-10-17(15)22-20(24)14-27-21-18(25-2)7-6-8-19(21)26-3/h6-10,13H,4-5,11-12,14H2,1-3H3,(H,22,24). The molecule has 144 valence electrons. The molecule has 0 spiro atoms. The van der Waals surface area contributed by atoms with Gasteiger partial charge in [0.25, 0.3) is 5.91 Å². The summed E-state index contributed by atoms with van der Waals surface area (Å²) in [5.74, 6) is 1.22. The van der Waals surface area contributed by atoms with Crippen molar-refractivity contribution in [2.45, 2.75) is 19.8 Å². The fraction of sp³-hybridized carbons (Fsp3) is 0.381. The Morgan fingerprint density at radius 2 is 1.74 bits per heavy atom. The summed E-state index contributed by atoms with van der Waals surface area (Å²) in [7, 11) is 3.10. The van der Waals surface area contributed by atoms with Crippen LogP contribution in [-0.4, -0.2) is 39.8 Å². The average molecular weight is 370 g/mol. The molecule has 1 saturated heterocycles. The Kier molecular flexibility index (Phi) is 6.06. The molecule has 0 saturated carbocycles. The monoisotopic (exact) mass is 370 g/mol. The first-order chi connectivity index (χ1) is 13.1. The van der Waals surface area contributed by atoms with E-state index in [2.05, 4.69) is 22.3 Å². The van der Waals surface area contributed by atoms with Gasteiger partial charge < -0.3 is 24.4 Å². The van der Waals surface area contributed by atoms with E-state index in [1.165, 1.54) is 18.5 Å². The fourth-order valence-corrected chi connectivity index (χ4v) is 3.24. The molecule has 1 aliphatic rings. The molecule has 27 heavy (non-hydrogen) atoms. The predicted molar refractivity (Wildman–Crippen MR) is 106 cm³/mol. The first-order valence-electron chi connectivity index (χ1n) is 9.11. The van der Waals surface area contributed by atoms with Crippen molar-refractivity contribution in [1.82, 2.24) is 0 Å². The largest absolute Gasteiger partial charge is 0.493 e. The van der Waals surface area contributed by atoms with Crippen LogP contribution in [0.5, 0.6) is 17.2 Å². The van der Waals surface area contributed by atoms with Gasteiger partial charge in [-0.2, -0.15) is 0 Å². The number of para-hydroxylation sites is 1. The van der Waals surface area contributed by atoms with E-state index < -0.39 is 0 Å². The number of hydrogen-bond acceptors (Lipinski definition) is 5. The maximum atomic E-state index is 12.4. The number of aryl methyl sites for hydroxylation is 1. The lowest BCUT2D eigenvalue weighted by atomic mass is 10.1. The molecule has 0 unspecified atom stereocenters. The second kappa shape index (κ2) is 8.66. The molecule has 6 heteroatoms. The average Bonchev–Trinajstić information content (AvgIpc) is 3.22. The van der Waals surface area contributed by atoms with E-state index >= 15 is 0 Å². The number of methoxy groups -OCH3 is 2. The topological polar surface area (TPSA) is 60.0 Å². The first kappa shape index (κ1) is 18.9. The zero-order chi connectivity index (χ0) is 19.2. The van der Waals surface area contributed by atoms with Crippen LogP contribution in [0.25, 0.3) is 0 Å². The van der Waals surface area contributed by atoms with E-state index in [1.807, 2.05) is 13.0 Å². The van der Waals surface area contributed by atoms with Crippen LogP contribution in [-0.2, 0) is 4.79 Å². The van der Waals surface area contributed by atoms with Crippen molar-refractivity contribution >= 4 is 17.3 Å². The molecule has 1 heterocycles. The quantitative estimate of drug-likeness (QED) is 0.806. The van der Waals surface area contributed by atoms with E-state index in [1.54, 1.807) is 32.4 Å². The highest BCUT2D eigenvalue weighted by atomic mass is 16.5. The molecule has 1 N–H and O–H groups in total. The normalized spacial score (nSPS) is 13.4. The molecule has 2 aromatic carbocycles. The molecule has 0 bridgehead atoms. The Balaban J connectivity index is 1.63. The minimum absolute atomic E-state index is 0.135. The highest BCUT2D eigenvalue weighted by molar-refractivity contribution is 5.93. The van der Waals surface area contributed by atoms with Crippen LogP contribution in [0.4, 0.5) is 11.4 Å². The summed E-state index contributed by atoms with van der Waals surface area (Å²) in [5, 5.41) is 2.91. The van der Waals surface area contributed by atoms with Gasteiger partial charge >= 0.3 is 0 Å². The summed E-state index contributed by atoms with van der Waals surface area (Å²) < 4.78 is 16.2. The number of nitrogens with one attached hydrogen (secondary N) is 1. The number of rotatable bonds is 7. The van der Waals surface area contributed by atoms with Crippen molar-refractivity contribution in [2.24, 2.45) is 0 Å². The minimum Gasteiger partial charge on any atom is -0.493 e. The third-order valence-electron chi connectivity index (χ3n) is 4.69.